The van der Waals surface area contributed by atoms with Gasteiger partial charge in [0.1, 0.15) is 29.8 Å². The van der Waals surface area contributed by atoms with E-state index in [1.165, 1.54) is 10.2 Å². The Morgan fingerprint density at radius 3 is 2.35 bits per heavy atom. The molecule has 0 bridgehead atoms. The summed E-state index contributed by atoms with van der Waals surface area (Å²) >= 11 is 1.75. The van der Waals surface area contributed by atoms with E-state index in [-0.39, 0.29) is 18.1 Å². The predicted molar refractivity (Wildman–Crippen MR) is 185 cm³/mol. The van der Waals surface area contributed by atoms with Gasteiger partial charge in [-0.3, -0.25) is 0 Å². The molecule has 0 spiro atoms. The number of likely N-dealkylation sites (tertiary alicyclic amines) is 1. The number of amides is 1. The molecule has 0 radical (unpaired) electrons. The highest BCUT2D eigenvalue weighted by molar-refractivity contribution is 7.17. The lowest BCUT2D eigenvalue weighted by Gasteiger charge is -2.33. The van der Waals surface area contributed by atoms with Crippen molar-refractivity contribution >= 4 is 27.6 Å². The van der Waals surface area contributed by atoms with E-state index < -0.39 is 5.60 Å². The molecule has 4 heterocycles. The van der Waals surface area contributed by atoms with Gasteiger partial charge in [0.05, 0.1) is 33.8 Å². The molecule has 0 aliphatic carbocycles. The third-order valence-electron chi connectivity index (χ3n) is 8.29. The first-order valence-corrected chi connectivity index (χ1v) is 17.0. The zero-order chi connectivity index (χ0) is 32.4. The van der Waals surface area contributed by atoms with E-state index in [4.69, 9.17) is 19.2 Å². The van der Waals surface area contributed by atoms with Crippen molar-refractivity contribution < 1.29 is 19.0 Å². The lowest BCUT2D eigenvalue weighted by atomic mass is 10.0. The number of nitrogens with zero attached hydrogens (tertiary/aromatic N) is 4. The number of rotatable bonds is 9. The van der Waals surface area contributed by atoms with Crippen LogP contribution in [0.1, 0.15) is 59.1 Å². The highest BCUT2D eigenvalue weighted by Crippen LogP contribution is 2.37. The minimum atomic E-state index is -0.491. The number of aryl methyl sites for hydroxylation is 1. The van der Waals surface area contributed by atoms with Gasteiger partial charge < -0.3 is 28.2 Å². The maximum absolute atomic E-state index is 12.4. The van der Waals surface area contributed by atoms with Crippen LogP contribution in [0.2, 0.25) is 0 Å². The number of ether oxygens (including phenoxy) is 3. The van der Waals surface area contributed by atoms with Gasteiger partial charge in [0.15, 0.2) is 5.82 Å². The smallest absolute Gasteiger partial charge is 0.410 e. The van der Waals surface area contributed by atoms with Crippen LogP contribution < -0.4 is 9.47 Å². The normalized spacial score (nSPS) is 14.3. The van der Waals surface area contributed by atoms with Crippen LogP contribution in [0, 0.1) is 0 Å². The zero-order valence-corrected chi connectivity index (χ0v) is 28.5. The fourth-order valence-corrected chi connectivity index (χ4v) is 6.85. The number of hydrogen-bond donors (Lipinski definition) is 0. The van der Waals surface area contributed by atoms with E-state index >= 15 is 0 Å². The van der Waals surface area contributed by atoms with Crippen LogP contribution >= 0.6 is 11.3 Å². The van der Waals surface area contributed by atoms with Crippen LogP contribution in [0.3, 0.4) is 0 Å². The Balaban J connectivity index is 1.14. The summed E-state index contributed by atoms with van der Waals surface area (Å²) in [6.45, 7) is 12.5. The van der Waals surface area contributed by atoms with Crippen molar-refractivity contribution in [3.8, 4) is 34.3 Å². The summed E-state index contributed by atoms with van der Waals surface area (Å²) in [5.41, 5.74) is 5.21. The number of imidazole rings is 1. The van der Waals surface area contributed by atoms with E-state index in [0.29, 0.717) is 26.2 Å². The summed E-state index contributed by atoms with van der Waals surface area (Å²) in [5, 5.41) is 2.13. The monoisotopic (exact) mass is 640 g/mol. The third-order valence-corrected chi connectivity index (χ3v) is 9.14. The Hall–Kier alpha value is -4.24. The quantitative estimate of drug-likeness (QED) is 0.161. The number of thiophene rings is 1. The summed E-state index contributed by atoms with van der Waals surface area (Å²) in [6.07, 6.45) is 1.34. The first-order valence-electron chi connectivity index (χ1n) is 16.1. The fraction of sp³-hybridized carbons (Fsp3) is 0.405. The maximum atomic E-state index is 12.4. The molecule has 0 N–H and O–H groups in total. The Morgan fingerprint density at radius 2 is 1.70 bits per heavy atom. The summed E-state index contributed by atoms with van der Waals surface area (Å²) in [6, 6.07) is 22.8. The lowest BCUT2D eigenvalue weighted by molar-refractivity contribution is 0.0126. The van der Waals surface area contributed by atoms with Gasteiger partial charge in [-0.1, -0.05) is 44.2 Å². The fourth-order valence-electron chi connectivity index (χ4n) is 6.00. The average molecular weight is 641 g/mol. The van der Waals surface area contributed by atoms with Crippen molar-refractivity contribution in [1.29, 1.82) is 0 Å². The van der Waals surface area contributed by atoms with E-state index in [2.05, 4.69) is 77.9 Å². The van der Waals surface area contributed by atoms with Gasteiger partial charge in [0.25, 0.3) is 0 Å². The third kappa shape index (κ3) is 6.94. The number of piperidine rings is 1. The minimum absolute atomic E-state index is 0.0597. The number of carbonyl (C=O) groups is 1. The average Bonchev–Trinajstić information content (AvgIpc) is 3.72. The first kappa shape index (κ1) is 31.7. The topological polar surface area (TPSA) is 70.8 Å². The number of aromatic nitrogens is 3. The van der Waals surface area contributed by atoms with Crippen molar-refractivity contribution in [3.63, 3.8) is 0 Å². The second kappa shape index (κ2) is 13.2. The summed E-state index contributed by atoms with van der Waals surface area (Å²) in [7, 11) is 2.12. The molecule has 3 aromatic heterocycles. The molecule has 0 atom stereocenters. The van der Waals surface area contributed by atoms with Gasteiger partial charge in [0.2, 0.25) is 0 Å². The molecular weight excluding hydrogens is 596 g/mol. The molecule has 1 amide bonds. The zero-order valence-electron chi connectivity index (χ0n) is 27.7. The highest BCUT2D eigenvalue weighted by atomic mass is 32.1. The standard InChI is InChI=1S/C37H44N4O4S/c1-25(2)33-34(26-10-8-7-9-11-26)41(35(38-33)31-24-32-30(39(31)6)18-23-46-32)21-22-43-27-12-14-28(15-13-27)44-29-16-19-40(20-17-29)36(42)45-37(3,4)5/h7-15,18,23-25,29H,16-17,19-22H2,1-6H3. The SMILES string of the molecule is CC(C)c1nc(-c2cc3sccc3n2C)n(CCOc2ccc(OC3CCN(C(=O)OC(C)(C)C)CC3)cc2)c1-c1ccccc1. The van der Waals surface area contributed by atoms with Gasteiger partial charge in [-0.25, -0.2) is 9.78 Å². The van der Waals surface area contributed by atoms with Gasteiger partial charge >= 0.3 is 6.09 Å². The summed E-state index contributed by atoms with van der Waals surface area (Å²) in [5.74, 6) is 2.81. The van der Waals surface area contributed by atoms with Gasteiger partial charge in [-0.05, 0) is 68.5 Å². The molecule has 242 valence electrons. The first-order chi connectivity index (χ1) is 22.1. The van der Waals surface area contributed by atoms with Crippen LogP contribution in [-0.2, 0) is 18.3 Å². The van der Waals surface area contributed by atoms with Crippen LogP contribution in [0.15, 0.2) is 72.1 Å². The number of fused-ring (bicyclic) bond motifs is 1. The lowest BCUT2D eigenvalue weighted by Crippen LogP contribution is -2.44. The van der Waals surface area contributed by atoms with E-state index in [0.717, 1.165) is 52.8 Å². The second-order valence-corrected chi connectivity index (χ2v) is 14.2. The number of hydrogen-bond acceptors (Lipinski definition) is 6. The van der Waals surface area contributed by atoms with Gasteiger partial charge in [0, 0.05) is 38.5 Å². The summed E-state index contributed by atoms with van der Waals surface area (Å²) < 4.78 is 23.9. The highest BCUT2D eigenvalue weighted by Gasteiger charge is 2.28. The van der Waals surface area contributed by atoms with Crippen LogP contribution in [0.5, 0.6) is 11.5 Å². The number of benzene rings is 2. The van der Waals surface area contributed by atoms with Crippen molar-refractivity contribution in [1.82, 2.24) is 19.0 Å². The molecule has 1 saturated heterocycles. The van der Waals surface area contributed by atoms with Crippen molar-refractivity contribution in [2.75, 3.05) is 19.7 Å². The molecule has 9 heteroatoms. The van der Waals surface area contributed by atoms with Crippen LogP contribution in [0.4, 0.5) is 4.79 Å². The summed E-state index contributed by atoms with van der Waals surface area (Å²) in [4.78, 5) is 19.4. The van der Waals surface area contributed by atoms with Gasteiger partial charge in [-0.15, -0.1) is 11.3 Å². The molecule has 8 nitrogen and oxygen atoms in total. The second-order valence-electron chi connectivity index (χ2n) is 13.2. The molecule has 2 aromatic carbocycles. The van der Waals surface area contributed by atoms with Crippen LogP contribution in [0.25, 0.3) is 33.0 Å². The Labute approximate surface area is 275 Å². The molecular formula is C37H44N4O4S. The van der Waals surface area contributed by atoms with E-state index in [9.17, 15) is 4.79 Å². The predicted octanol–water partition coefficient (Wildman–Crippen LogP) is 8.75. The molecule has 6 rings (SSSR count). The van der Waals surface area contributed by atoms with Crippen LogP contribution in [-0.4, -0.2) is 56.5 Å². The Kier molecular flexibility index (Phi) is 9.13. The molecule has 5 aromatic rings. The van der Waals surface area contributed by atoms with Crippen molar-refractivity contribution in [2.24, 2.45) is 7.05 Å². The van der Waals surface area contributed by atoms with Crippen molar-refractivity contribution in [3.05, 3.63) is 77.8 Å². The van der Waals surface area contributed by atoms with E-state index in [1.54, 1.807) is 16.2 Å². The molecule has 0 saturated carbocycles. The molecule has 1 aliphatic rings. The Morgan fingerprint density at radius 1 is 1.00 bits per heavy atom. The van der Waals surface area contributed by atoms with E-state index in [1.807, 2.05) is 45.0 Å². The number of carbonyl (C=O) groups excluding carboxylic acids is 1. The van der Waals surface area contributed by atoms with Crippen molar-refractivity contribution in [2.45, 2.75) is 71.6 Å². The molecule has 1 fully saturated rings. The maximum Gasteiger partial charge on any atom is 0.410 e. The largest absolute Gasteiger partial charge is 0.492 e. The minimum Gasteiger partial charge on any atom is -0.492 e. The molecule has 46 heavy (non-hydrogen) atoms. The molecule has 1 aliphatic heterocycles. The molecule has 0 unspecified atom stereocenters. The van der Waals surface area contributed by atoms with Gasteiger partial charge in [-0.2, -0.15) is 0 Å². The Bertz CT molecular complexity index is 1770.